The Hall–Kier alpha value is -3.36. The van der Waals surface area contributed by atoms with E-state index in [1.807, 2.05) is 0 Å². The summed E-state index contributed by atoms with van der Waals surface area (Å²) in [6.45, 7) is 0. The fourth-order valence-corrected chi connectivity index (χ4v) is 1.50. The summed E-state index contributed by atoms with van der Waals surface area (Å²) in [6.07, 6.45) is -1.20. The van der Waals surface area contributed by atoms with E-state index in [-0.39, 0.29) is 5.76 Å². The Morgan fingerprint density at radius 1 is 1.05 bits per heavy atom. The van der Waals surface area contributed by atoms with E-state index in [9.17, 15) is 19.7 Å². The Morgan fingerprint density at radius 2 is 1.62 bits per heavy atom. The van der Waals surface area contributed by atoms with Crippen molar-refractivity contribution in [3.8, 4) is 0 Å². The molecule has 0 saturated carbocycles. The second-order valence-corrected chi connectivity index (χ2v) is 3.86. The molecule has 9 heteroatoms. The van der Waals surface area contributed by atoms with Crippen molar-refractivity contribution in [2.75, 3.05) is 10.6 Å². The number of nitrogens with zero attached hydrogens (tertiary/aromatic N) is 1. The fourth-order valence-electron chi connectivity index (χ4n) is 1.50. The van der Waals surface area contributed by atoms with Crippen LogP contribution in [-0.4, -0.2) is 22.0 Å². The van der Waals surface area contributed by atoms with Crippen LogP contribution in [0.4, 0.5) is 22.1 Å². The normalized spacial score (nSPS) is 9.90. The molecule has 0 saturated heterocycles. The highest BCUT2D eigenvalue weighted by Gasteiger charge is 2.17. The van der Waals surface area contributed by atoms with Gasteiger partial charge in [-0.2, -0.15) is 0 Å². The molecule has 2 rings (SSSR count). The zero-order valence-electron chi connectivity index (χ0n) is 10.4. The first-order valence-corrected chi connectivity index (χ1v) is 5.61. The fraction of sp³-hybridized carbons (Fsp3) is 0. The molecule has 2 aromatic rings. The minimum absolute atomic E-state index is 0.200. The largest absolute Gasteiger partial charge is 0.465 e. The Balaban J connectivity index is 2.04. The highest BCUT2D eigenvalue weighted by atomic mass is 16.6. The molecule has 1 heterocycles. The third-order valence-corrected chi connectivity index (χ3v) is 2.39. The highest BCUT2D eigenvalue weighted by molar-refractivity contribution is 6.02. The molecular weight excluding hydrogens is 282 g/mol. The van der Waals surface area contributed by atoms with Crippen LogP contribution in [0, 0.1) is 10.1 Å². The average Bonchev–Trinajstić information content (AvgIpc) is 2.90. The van der Waals surface area contributed by atoms with Crippen LogP contribution in [0.25, 0.3) is 0 Å². The second-order valence-electron chi connectivity index (χ2n) is 3.86. The Kier molecular flexibility index (Phi) is 3.84. The molecule has 0 radical (unpaired) electrons. The minimum atomic E-state index is -1.20. The standard InChI is InChI=1S/C12H9N3O6/c16-11(9-5-6-10(21-9)15(19)20)13-7-1-3-8(4-2-7)14-12(17)18/h1-6,14H,(H,13,16)(H,17,18). The Bertz CT molecular complexity index is 691. The van der Waals surface area contributed by atoms with Crippen molar-refractivity contribution in [1.29, 1.82) is 0 Å². The van der Waals surface area contributed by atoms with Gasteiger partial charge in [0.25, 0.3) is 5.91 Å². The first-order chi connectivity index (χ1) is 9.95. The number of hydrogen-bond donors (Lipinski definition) is 3. The molecule has 3 N–H and O–H groups in total. The number of carbonyl (C=O) groups excluding carboxylic acids is 1. The predicted octanol–water partition coefficient (Wildman–Crippen LogP) is 2.53. The van der Waals surface area contributed by atoms with Gasteiger partial charge in [0.15, 0.2) is 5.76 Å². The smallest absolute Gasteiger partial charge is 0.433 e. The lowest BCUT2D eigenvalue weighted by Crippen LogP contribution is -2.11. The van der Waals surface area contributed by atoms with Gasteiger partial charge < -0.3 is 14.8 Å². The molecule has 1 aromatic heterocycles. The van der Waals surface area contributed by atoms with Crippen molar-refractivity contribution < 1.29 is 24.0 Å². The van der Waals surface area contributed by atoms with Gasteiger partial charge in [0.1, 0.15) is 4.92 Å². The van der Waals surface area contributed by atoms with Crippen LogP contribution >= 0.6 is 0 Å². The average molecular weight is 291 g/mol. The third-order valence-electron chi connectivity index (χ3n) is 2.39. The van der Waals surface area contributed by atoms with E-state index in [2.05, 4.69) is 10.6 Å². The number of nitrogens with one attached hydrogen (secondary N) is 2. The quantitative estimate of drug-likeness (QED) is 0.585. The topological polar surface area (TPSA) is 135 Å². The van der Waals surface area contributed by atoms with Crippen LogP contribution in [0.2, 0.25) is 0 Å². The van der Waals surface area contributed by atoms with E-state index < -0.39 is 22.8 Å². The van der Waals surface area contributed by atoms with E-state index in [0.717, 1.165) is 6.07 Å². The third kappa shape index (κ3) is 3.56. The summed E-state index contributed by atoms with van der Waals surface area (Å²) in [7, 11) is 0. The number of amides is 2. The van der Waals surface area contributed by atoms with Gasteiger partial charge >= 0.3 is 12.0 Å². The van der Waals surface area contributed by atoms with Crippen LogP contribution < -0.4 is 10.6 Å². The minimum Gasteiger partial charge on any atom is -0.465 e. The molecule has 9 nitrogen and oxygen atoms in total. The molecule has 2 amide bonds. The molecular formula is C12H9N3O6. The van der Waals surface area contributed by atoms with Gasteiger partial charge in [-0.15, -0.1) is 0 Å². The Labute approximate surface area is 117 Å². The summed E-state index contributed by atoms with van der Waals surface area (Å²) in [4.78, 5) is 31.9. The number of carbonyl (C=O) groups is 2. The van der Waals surface area contributed by atoms with Gasteiger partial charge in [0.2, 0.25) is 0 Å². The molecule has 0 unspecified atom stereocenters. The molecule has 108 valence electrons. The lowest BCUT2D eigenvalue weighted by Gasteiger charge is -2.04. The molecule has 0 atom stereocenters. The van der Waals surface area contributed by atoms with E-state index in [0.29, 0.717) is 11.4 Å². The van der Waals surface area contributed by atoms with Gasteiger partial charge in [0, 0.05) is 11.4 Å². The van der Waals surface area contributed by atoms with Crippen LogP contribution in [0.15, 0.2) is 40.8 Å². The molecule has 0 fully saturated rings. The SMILES string of the molecule is O=C(O)Nc1ccc(NC(=O)c2ccc([N+](=O)[O-])o2)cc1. The van der Waals surface area contributed by atoms with Crippen LogP contribution in [0.5, 0.6) is 0 Å². The van der Waals surface area contributed by atoms with Crippen molar-refractivity contribution in [1.82, 2.24) is 0 Å². The number of furan rings is 1. The summed E-state index contributed by atoms with van der Waals surface area (Å²) in [5.74, 6) is -1.38. The molecule has 0 aliphatic carbocycles. The van der Waals surface area contributed by atoms with Crippen molar-refractivity contribution >= 4 is 29.3 Å². The van der Waals surface area contributed by atoms with E-state index in [1.165, 1.54) is 30.3 Å². The first-order valence-electron chi connectivity index (χ1n) is 5.61. The van der Waals surface area contributed by atoms with Gasteiger partial charge in [-0.3, -0.25) is 20.2 Å². The summed E-state index contributed by atoms with van der Waals surface area (Å²) < 4.78 is 4.75. The number of benzene rings is 1. The van der Waals surface area contributed by atoms with Gasteiger partial charge in [0.05, 0.1) is 6.07 Å². The van der Waals surface area contributed by atoms with Crippen molar-refractivity contribution in [2.45, 2.75) is 0 Å². The lowest BCUT2D eigenvalue weighted by atomic mass is 10.2. The lowest BCUT2D eigenvalue weighted by molar-refractivity contribution is -0.402. The van der Waals surface area contributed by atoms with Crippen molar-refractivity contribution in [3.63, 3.8) is 0 Å². The summed E-state index contributed by atoms with van der Waals surface area (Å²) in [6, 6.07) is 8.12. The van der Waals surface area contributed by atoms with Gasteiger partial charge in [-0.25, -0.2) is 4.79 Å². The number of anilines is 2. The number of hydrogen-bond acceptors (Lipinski definition) is 5. The van der Waals surface area contributed by atoms with Gasteiger partial charge in [-0.1, -0.05) is 0 Å². The number of nitro groups is 1. The van der Waals surface area contributed by atoms with E-state index in [1.54, 1.807) is 0 Å². The van der Waals surface area contributed by atoms with Crippen molar-refractivity contribution in [2.24, 2.45) is 0 Å². The predicted molar refractivity (Wildman–Crippen MR) is 71.4 cm³/mol. The molecule has 0 bridgehead atoms. The molecule has 0 aliphatic rings. The molecule has 0 spiro atoms. The number of rotatable bonds is 4. The number of carboxylic acid groups (broad SMARTS) is 1. The monoisotopic (exact) mass is 291 g/mol. The summed E-state index contributed by atoms with van der Waals surface area (Å²) in [5, 5.41) is 23.6. The highest BCUT2D eigenvalue weighted by Crippen LogP contribution is 2.18. The summed E-state index contributed by atoms with van der Waals surface area (Å²) >= 11 is 0. The van der Waals surface area contributed by atoms with Crippen LogP contribution in [0.1, 0.15) is 10.6 Å². The molecule has 21 heavy (non-hydrogen) atoms. The zero-order chi connectivity index (χ0) is 15.4. The van der Waals surface area contributed by atoms with Crippen molar-refractivity contribution in [3.05, 3.63) is 52.3 Å². The molecule has 1 aromatic carbocycles. The second kappa shape index (κ2) is 5.74. The first kappa shape index (κ1) is 14.1. The summed E-state index contributed by atoms with van der Waals surface area (Å²) in [5.41, 5.74) is 0.726. The van der Waals surface area contributed by atoms with E-state index in [4.69, 9.17) is 9.52 Å². The van der Waals surface area contributed by atoms with Crippen LogP contribution in [0.3, 0.4) is 0 Å². The zero-order valence-corrected chi connectivity index (χ0v) is 10.4. The van der Waals surface area contributed by atoms with Gasteiger partial charge in [-0.05, 0) is 30.3 Å². The maximum absolute atomic E-state index is 11.8. The maximum atomic E-state index is 11.8. The Morgan fingerprint density at radius 3 is 2.10 bits per heavy atom. The van der Waals surface area contributed by atoms with Crippen LogP contribution in [-0.2, 0) is 0 Å². The molecule has 0 aliphatic heterocycles. The maximum Gasteiger partial charge on any atom is 0.433 e. The van der Waals surface area contributed by atoms with E-state index >= 15 is 0 Å².